The number of benzene rings is 1. The Morgan fingerprint density at radius 3 is 2.91 bits per heavy atom. The van der Waals surface area contributed by atoms with Crippen molar-refractivity contribution in [3.8, 4) is 0 Å². The van der Waals surface area contributed by atoms with Gasteiger partial charge in [0.2, 0.25) is 5.91 Å². The first kappa shape index (κ1) is 17.0. The van der Waals surface area contributed by atoms with E-state index in [0.717, 1.165) is 44.3 Å². The Balaban J connectivity index is 1.81. The van der Waals surface area contributed by atoms with Gasteiger partial charge < -0.3 is 10.4 Å². The van der Waals surface area contributed by atoms with Crippen molar-refractivity contribution < 1.29 is 9.90 Å². The molecule has 122 valence electrons. The number of carbonyl (C=O) groups is 1. The molecule has 0 aromatic heterocycles. The van der Waals surface area contributed by atoms with Crippen molar-refractivity contribution in [2.45, 2.75) is 51.2 Å². The van der Waals surface area contributed by atoms with E-state index < -0.39 is 6.10 Å². The van der Waals surface area contributed by atoms with Crippen LogP contribution in [0, 0.1) is 0 Å². The third-order valence-corrected chi connectivity index (χ3v) is 4.38. The molecule has 1 aliphatic heterocycles. The zero-order chi connectivity index (χ0) is 15.8. The number of rotatable bonds is 8. The predicted octanol–water partition coefficient (Wildman–Crippen LogP) is 2.49. The Hall–Kier alpha value is -1.39. The van der Waals surface area contributed by atoms with E-state index in [1.807, 2.05) is 30.3 Å². The van der Waals surface area contributed by atoms with Crippen LogP contribution in [0.25, 0.3) is 0 Å². The Bertz CT molecular complexity index is 450. The van der Waals surface area contributed by atoms with Gasteiger partial charge in [-0.25, -0.2) is 0 Å². The fraction of sp³-hybridized carbons (Fsp3) is 0.611. The third-order valence-electron chi connectivity index (χ3n) is 4.38. The van der Waals surface area contributed by atoms with Gasteiger partial charge in [0.1, 0.15) is 0 Å². The number of likely N-dealkylation sites (tertiary alicyclic amines) is 1. The molecule has 2 unspecified atom stereocenters. The van der Waals surface area contributed by atoms with Crippen LogP contribution >= 0.6 is 0 Å². The molecule has 22 heavy (non-hydrogen) atoms. The molecule has 4 nitrogen and oxygen atoms in total. The minimum atomic E-state index is -0.449. The highest BCUT2D eigenvalue weighted by atomic mass is 16.3. The maximum absolute atomic E-state index is 12.0. The third kappa shape index (κ3) is 5.11. The van der Waals surface area contributed by atoms with Gasteiger partial charge in [-0.3, -0.25) is 9.69 Å². The molecule has 1 aliphatic rings. The number of hydrogen-bond acceptors (Lipinski definition) is 3. The van der Waals surface area contributed by atoms with E-state index in [-0.39, 0.29) is 5.91 Å². The summed E-state index contributed by atoms with van der Waals surface area (Å²) in [6.45, 7) is 4.29. The molecule has 1 saturated heterocycles. The molecule has 4 heteroatoms. The van der Waals surface area contributed by atoms with Crippen LogP contribution in [-0.2, 0) is 4.79 Å². The fourth-order valence-corrected chi connectivity index (χ4v) is 3.08. The van der Waals surface area contributed by atoms with Crippen LogP contribution in [0.4, 0.5) is 0 Å². The lowest BCUT2D eigenvalue weighted by Gasteiger charge is -2.26. The lowest BCUT2D eigenvalue weighted by molar-refractivity contribution is -0.122. The Morgan fingerprint density at radius 1 is 1.41 bits per heavy atom. The first-order valence-electron chi connectivity index (χ1n) is 8.44. The first-order chi connectivity index (χ1) is 10.7. The molecule has 1 aromatic carbocycles. The molecule has 1 fully saturated rings. The number of hydrogen-bond donors (Lipinski definition) is 2. The smallest absolute Gasteiger partial charge is 0.234 e. The number of carbonyl (C=O) groups excluding carboxylic acids is 1. The van der Waals surface area contributed by atoms with Crippen molar-refractivity contribution in [1.82, 2.24) is 10.2 Å². The largest absolute Gasteiger partial charge is 0.388 e. The standard InChI is InChI=1S/C18H28N2O2/c1-2-3-11-19-18(22)14-20-12-7-10-16(20)13-17(21)15-8-5-4-6-9-15/h4-6,8-9,16-17,21H,2-3,7,10-14H2,1H3,(H,19,22). The molecule has 2 atom stereocenters. The molecule has 1 aromatic rings. The molecular formula is C18H28N2O2. The summed E-state index contributed by atoms with van der Waals surface area (Å²) < 4.78 is 0. The Kier molecular flexibility index (Phi) is 6.87. The molecule has 1 amide bonds. The summed E-state index contributed by atoms with van der Waals surface area (Å²) in [6.07, 6.45) is 4.54. The van der Waals surface area contributed by atoms with E-state index in [1.165, 1.54) is 0 Å². The van der Waals surface area contributed by atoms with Crippen molar-refractivity contribution >= 4 is 5.91 Å². The minimum Gasteiger partial charge on any atom is -0.388 e. The van der Waals surface area contributed by atoms with Crippen molar-refractivity contribution in [2.24, 2.45) is 0 Å². The molecular weight excluding hydrogens is 276 g/mol. The van der Waals surface area contributed by atoms with E-state index >= 15 is 0 Å². The van der Waals surface area contributed by atoms with Gasteiger partial charge in [-0.2, -0.15) is 0 Å². The molecule has 2 N–H and O–H groups in total. The number of unbranched alkanes of at least 4 members (excludes halogenated alkanes) is 1. The molecule has 0 aliphatic carbocycles. The van der Waals surface area contributed by atoms with Crippen LogP contribution in [0.2, 0.25) is 0 Å². The van der Waals surface area contributed by atoms with Crippen LogP contribution in [0.3, 0.4) is 0 Å². The highest BCUT2D eigenvalue weighted by molar-refractivity contribution is 5.78. The van der Waals surface area contributed by atoms with Gasteiger partial charge >= 0.3 is 0 Å². The van der Waals surface area contributed by atoms with Crippen LogP contribution in [0.1, 0.15) is 50.7 Å². The van der Waals surface area contributed by atoms with Gasteiger partial charge in [-0.15, -0.1) is 0 Å². The summed E-state index contributed by atoms with van der Waals surface area (Å²) in [5.74, 6) is 0.106. The summed E-state index contributed by atoms with van der Waals surface area (Å²) in [4.78, 5) is 14.2. The summed E-state index contributed by atoms with van der Waals surface area (Å²) >= 11 is 0. The van der Waals surface area contributed by atoms with Gasteiger partial charge in [0.15, 0.2) is 0 Å². The highest BCUT2D eigenvalue weighted by Crippen LogP contribution is 2.26. The van der Waals surface area contributed by atoms with Crippen LogP contribution < -0.4 is 5.32 Å². The Morgan fingerprint density at radius 2 is 2.18 bits per heavy atom. The molecule has 2 rings (SSSR count). The molecule has 1 heterocycles. The van der Waals surface area contributed by atoms with Gasteiger partial charge in [0, 0.05) is 12.6 Å². The number of aliphatic hydroxyl groups excluding tert-OH is 1. The van der Waals surface area contributed by atoms with Crippen molar-refractivity contribution in [3.63, 3.8) is 0 Å². The topological polar surface area (TPSA) is 52.6 Å². The molecule has 0 radical (unpaired) electrons. The predicted molar refractivity (Wildman–Crippen MR) is 88.5 cm³/mol. The second kappa shape index (κ2) is 8.91. The summed E-state index contributed by atoms with van der Waals surface area (Å²) in [6, 6.07) is 10.1. The Labute approximate surface area is 133 Å². The fourth-order valence-electron chi connectivity index (χ4n) is 3.08. The van der Waals surface area contributed by atoms with Crippen LogP contribution in [0.5, 0.6) is 0 Å². The monoisotopic (exact) mass is 304 g/mol. The average molecular weight is 304 g/mol. The van der Waals surface area contributed by atoms with Crippen LogP contribution in [-0.4, -0.2) is 41.6 Å². The van der Waals surface area contributed by atoms with Gasteiger partial charge in [-0.05, 0) is 37.8 Å². The number of nitrogens with zero attached hydrogens (tertiary/aromatic N) is 1. The minimum absolute atomic E-state index is 0.106. The van der Waals surface area contributed by atoms with E-state index in [4.69, 9.17) is 0 Å². The molecule has 0 bridgehead atoms. The average Bonchev–Trinajstić information content (AvgIpc) is 2.95. The van der Waals surface area contributed by atoms with E-state index in [1.54, 1.807) is 0 Å². The first-order valence-corrected chi connectivity index (χ1v) is 8.44. The van der Waals surface area contributed by atoms with Crippen molar-refractivity contribution in [1.29, 1.82) is 0 Å². The normalized spacial score (nSPS) is 20.0. The van der Waals surface area contributed by atoms with Crippen LogP contribution in [0.15, 0.2) is 30.3 Å². The number of amides is 1. The second-order valence-corrected chi connectivity index (χ2v) is 6.13. The summed E-state index contributed by atoms with van der Waals surface area (Å²) in [5.41, 5.74) is 0.960. The quantitative estimate of drug-likeness (QED) is 0.726. The second-order valence-electron chi connectivity index (χ2n) is 6.13. The molecule has 0 saturated carbocycles. The van der Waals surface area contributed by atoms with Gasteiger partial charge in [0.05, 0.1) is 12.6 Å². The van der Waals surface area contributed by atoms with E-state index in [9.17, 15) is 9.90 Å². The molecule has 0 spiro atoms. The van der Waals surface area contributed by atoms with E-state index in [2.05, 4.69) is 17.1 Å². The number of nitrogens with one attached hydrogen (secondary N) is 1. The zero-order valence-corrected chi connectivity index (χ0v) is 13.5. The number of aliphatic hydroxyl groups is 1. The van der Waals surface area contributed by atoms with Crippen molar-refractivity contribution in [2.75, 3.05) is 19.6 Å². The summed E-state index contributed by atoms with van der Waals surface area (Å²) in [5, 5.41) is 13.4. The maximum Gasteiger partial charge on any atom is 0.234 e. The van der Waals surface area contributed by atoms with Gasteiger partial charge in [0.25, 0.3) is 0 Å². The lowest BCUT2D eigenvalue weighted by atomic mass is 10.0. The lowest BCUT2D eigenvalue weighted by Crippen LogP contribution is -2.40. The maximum atomic E-state index is 12.0. The van der Waals surface area contributed by atoms with Crippen molar-refractivity contribution in [3.05, 3.63) is 35.9 Å². The highest BCUT2D eigenvalue weighted by Gasteiger charge is 2.28. The van der Waals surface area contributed by atoms with E-state index in [0.29, 0.717) is 19.0 Å². The summed E-state index contributed by atoms with van der Waals surface area (Å²) in [7, 11) is 0. The van der Waals surface area contributed by atoms with Gasteiger partial charge in [-0.1, -0.05) is 43.7 Å². The zero-order valence-electron chi connectivity index (χ0n) is 13.5. The SMILES string of the molecule is CCCCNC(=O)CN1CCCC1CC(O)c1ccccc1.